The fourth-order valence-electron chi connectivity index (χ4n) is 1.66. The summed E-state index contributed by atoms with van der Waals surface area (Å²) in [5.41, 5.74) is 2.44. The first-order chi connectivity index (χ1) is 7.72. The van der Waals surface area contributed by atoms with Gasteiger partial charge in [-0.15, -0.1) is 0 Å². The van der Waals surface area contributed by atoms with Crippen LogP contribution in [-0.2, 0) is 7.05 Å². The smallest absolute Gasteiger partial charge is 0.139 e. The summed E-state index contributed by atoms with van der Waals surface area (Å²) < 4.78 is 16.4. The second-order valence-corrected chi connectivity index (χ2v) is 3.64. The molecule has 4 nitrogen and oxygen atoms in total. The zero-order valence-corrected chi connectivity index (χ0v) is 8.63. The molecule has 0 aromatic carbocycles. The average Bonchev–Trinajstić information content (AvgIpc) is 2.83. The largest absolute Gasteiger partial charge is 0.304 e. The zero-order chi connectivity index (χ0) is 11.1. The van der Waals surface area contributed by atoms with E-state index >= 15 is 0 Å². The van der Waals surface area contributed by atoms with E-state index in [1.54, 1.807) is 27.5 Å². The van der Waals surface area contributed by atoms with Crippen LogP contribution in [0.4, 0.5) is 4.39 Å². The molecule has 0 unspecified atom stereocenters. The molecule has 5 heteroatoms. The highest BCUT2D eigenvalue weighted by Crippen LogP contribution is 2.18. The maximum absolute atomic E-state index is 13.0. The molecule has 3 rings (SSSR count). The van der Waals surface area contributed by atoms with Crippen molar-refractivity contribution in [3.8, 4) is 11.3 Å². The molecule has 0 fully saturated rings. The second kappa shape index (κ2) is 3.16. The molecule has 3 heterocycles. The Morgan fingerprint density at radius 2 is 2.06 bits per heavy atom. The topological polar surface area (TPSA) is 35.1 Å². The van der Waals surface area contributed by atoms with E-state index in [1.807, 2.05) is 13.2 Å². The van der Waals surface area contributed by atoms with Crippen LogP contribution in [0.15, 0.2) is 36.9 Å². The van der Waals surface area contributed by atoms with E-state index in [0.717, 1.165) is 16.9 Å². The van der Waals surface area contributed by atoms with Crippen molar-refractivity contribution in [2.24, 2.45) is 7.05 Å². The van der Waals surface area contributed by atoms with Crippen molar-refractivity contribution in [2.45, 2.75) is 0 Å². The Hall–Kier alpha value is -2.17. The summed E-state index contributed by atoms with van der Waals surface area (Å²) >= 11 is 0. The van der Waals surface area contributed by atoms with Crippen LogP contribution in [0.5, 0.6) is 0 Å². The van der Waals surface area contributed by atoms with Gasteiger partial charge >= 0.3 is 0 Å². The van der Waals surface area contributed by atoms with Crippen LogP contribution in [0.1, 0.15) is 0 Å². The van der Waals surface area contributed by atoms with E-state index < -0.39 is 0 Å². The van der Waals surface area contributed by atoms with Gasteiger partial charge in [0.2, 0.25) is 0 Å². The molecule has 0 radical (unpaired) electrons. The summed E-state index contributed by atoms with van der Waals surface area (Å²) in [5.74, 6) is -0.275. The minimum Gasteiger partial charge on any atom is -0.304 e. The van der Waals surface area contributed by atoms with Gasteiger partial charge < -0.3 is 4.40 Å². The van der Waals surface area contributed by atoms with Gasteiger partial charge in [-0.3, -0.25) is 4.68 Å². The van der Waals surface area contributed by atoms with Gasteiger partial charge in [0, 0.05) is 31.2 Å². The second-order valence-electron chi connectivity index (χ2n) is 3.64. The van der Waals surface area contributed by atoms with Crippen LogP contribution in [-0.4, -0.2) is 19.2 Å². The number of imidazole rings is 1. The Morgan fingerprint density at radius 1 is 1.19 bits per heavy atom. The molecule has 0 spiro atoms. The van der Waals surface area contributed by atoms with E-state index in [2.05, 4.69) is 10.1 Å². The zero-order valence-electron chi connectivity index (χ0n) is 8.63. The first kappa shape index (κ1) is 9.08. The highest BCUT2D eigenvalue weighted by atomic mass is 19.1. The van der Waals surface area contributed by atoms with Crippen LogP contribution in [0.2, 0.25) is 0 Å². The number of aromatic nitrogens is 4. The minimum absolute atomic E-state index is 0.275. The fraction of sp³-hybridized carbons (Fsp3) is 0.0909. The third kappa shape index (κ3) is 1.37. The van der Waals surface area contributed by atoms with E-state index in [0.29, 0.717) is 0 Å². The average molecular weight is 216 g/mol. The number of fused-ring (bicyclic) bond motifs is 1. The van der Waals surface area contributed by atoms with Gasteiger partial charge in [-0.2, -0.15) is 5.10 Å². The summed E-state index contributed by atoms with van der Waals surface area (Å²) in [6, 6.07) is 3.05. The highest BCUT2D eigenvalue weighted by Gasteiger charge is 2.06. The highest BCUT2D eigenvalue weighted by molar-refractivity contribution is 5.60. The monoisotopic (exact) mass is 216 g/mol. The van der Waals surface area contributed by atoms with E-state index in [-0.39, 0.29) is 5.82 Å². The molecule has 0 saturated carbocycles. The van der Waals surface area contributed by atoms with Crippen molar-refractivity contribution < 1.29 is 4.39 Å². The molecule has 0 aliphatic rings. The number of pyridine rings is 1. The van der Waals surface area contributed by atoms with Gasteiger partial charge in [-0.25, -0.2) is 9.37 Å². The van der Waals surface area contributed by atoms with Gasteiger partial charge in [0.25, 0.3) is 0 Å². The Labute approximate surface area is 91.0 Å². The Kier molecular flexibility index (Phi) is 1.80. The molecule has 0 aliphatic carbocycles. The first-order valence-corrected chi connectivity index (χ1v) is 4.86. The number of hydrogen-bond acceptors (Lipinski definition) is 2. The molecule has 0 amide bonds. The summed E-state index contributed by atoms with van der Waals surface area (Å²) in [6.07, 6.45) is 6.80. The number of halogens is 1. The predicted octanol–water partition coefficient (Wildman–Crippen LogP) is 1.87. The van der Waals surface area contributed by atoms with Crippen LogP contribution < -0.4 is 0 Å². The molecule has 0 atom stereocenters. The lowest BCUT2D eigenvalue weighted by atomic mass is 10.3. The Morgan fingerprint density at radius 3 is 2.81 bits per heavy atom. The first-order valence-electron chi connectivity index (χ1n) is 4.86. The van der Waals surface area contributed by atoms with E-state index in [4.69, 9.17) is 0 Å². The van der Waals surface area contributed by atoms with Crippen molar-refractivity contribution in [3.63, 3.8) is 0 Å². The van der Waals surface area contributed by atoms with Gasteiger partial charge in [0.1, 0.15) is 11.5 Å². The van der Waals surface area contributed by atoms with Gasteiger partial charge in [-0.05, 0) is 12.1 Å². The summed E-state index contributed by atoms with van der Waals surface area (Å²) in [4.78, 5) is 4.38. The number of aryl methyl sites for hydroxylation is 1. The third-order valence-corrected chi connectivity index (χ3v) is 2.42. The van der Waals surface area contributed by atoms with Gasteiger partial charge in [-0.1, -0.05) is 0 Å². The summed E-state index contributed by atoms with van der Waals surface area (Å²) in [5, 5.41) is 4.07. The van der Waals surface area contributed by atoms with Crippen LogP contribution in [0.3, 0.4) is 0 Å². The lowest BCUT2D eigenvalue weighted by Gasteiger charge is -1.90. The van der Waals surface area contributed by atoms with Crippen LogP contribution >= 0.6 is 0 Å². The lowest BCUT2D eigenvalue weighted by molar-refractivity contribution is 0.619. The van der Waals surface area contributed by atoms with Gasteiger partial charge in [0.05, 0.1) is 11.9 Å². The maximum atomic E-state index is 13.0. The number of nitrogens with zero attached hydrogens (tertiary/aromatic N) is 4. The van der Waals surface area contributed by atoms with E-state index in [1.165, 1.54) is 12.3 Å². The van der Waals surface area contributed by atoms with Gasteiger partial charge in [0.15, 0.2) is 0 Å². The number of hydrogen-bond donors (Lipinski definition) is 0. The SMILES string of the molecule is Cn1cc(-c2cn3cc(F)ccc3n2)cn1. The normalized spacial score (nSPS) is 11.1. The summed E-state index contributed by atoms with van der Waals surface area (Å²) in [6.45, 7) is 0. The van der Waals surface area contributed by atoms with Crippen molar-refractivity contribution in [1.29, 1.82) is 0 Å². The molecule has 0 N–H and O–H groups in total. The molecule has 0 aliphatic heterocycles. The van der Waals surface area contributed by atoms with Crippen molar-refractivity contribution in [2.75, 3.05) is 0 Å². The standard InChI is InChI=1S/C11H9FN4/c1-15-5-8(4-13-15)10-7-16-6-9(12)2-3-11(16)14-10/h2-7H,1H3. The molecule has 0 bridgehead atoms. The van der Waals surface area contributed by atoms with Crippen LogP contribution in [0.25, 0.3) is 16.9 Å². The molecule has 80 valence electrons. The Balaban J connectivity index is 2.18. The Bertz CT molecular complexity index is 653. The lowest BCUT2D eigenvalue weighted by Crippen LogP contribution is -1.84. The van der Waals surface area contributed by atoms with Crippen molar-refractivity contribution >= 4 is 5.65 Å². The molecule has 3 aromatic rings. The number of rotatable bonds is 1. The quantitative estimate of drug-likeness (QED) is 0.622. The minimum atomic E-state index is -0.275. The predicted molar refractivity (Wildman–Crippen MR) is 57.4 cm³/mol. The maximum Gasteiger partial charge on any atom is 0.139 e. The van der Waals surface area contributed by atoms with Crippen LogP contribution in [0, 0.1) is 5.82 Å². The molecule has 0 saturated heterocycles. The molecule has 3 aromatic heterocycles. The molecular formula is C11H9FN4. The third-order valence-electron chi connectivity index (χ3n) is 2.42. The van der Waals surface area contributed by atoms with E-state index in [9.17, 15) is 4.39 Å². The molecule has 16 heavy (non-hydrogen) atoms. The van der Waals surface area contributed by atoms with Crippen molar-refractivity contribution in [3.05, 3.63) is 42.7 Å². The summed E-state index contributed by atoms with van der Waals surface area (Å²) in [7, 11) is 1.85. The molecular weight excluding hydrogens is 207 g/mol. The van der Waals surface area contributed by atoms with Crippen molar-refractivity contribution in [1.82, 2.24) is 19.2 Å². The fourth-order valence-corrected chi connectivity index (χ4v) is 1.66.